The second-order valence-electron chi connectivity index (χ2n) is 5.02. The maximum Gasteiger partial charge on any atom is 0.118 e. The van der Waals surface area contributed by atoms with Crippen molar-refractivity contribution in [2.24, 2.45) is 5.92 Å². The minimum atomic E-state index is -0.172. The maximum absolute atomic E-state index is 9.54. The quantitative estimate of drug-likeness (QED) is 0.756. The molecule has 0 aliphatic heterocycles. The molecule has 4 heteroatoms. The number of rotatable bonds is 8. The van der Waals surface area contributed by atoms with Crippen molar-refractivity contribution in [3.8, 4) is 5.75 Å². The van der Waals surface area contributed by atoms with Gasteiger partial charge < -0.3 is 19.9 Å². The molecule has 2 atom stereocenters. The summed E-state index contributed by atoms with van der Waals surface area (Å²) < 4.78 is 10.7. The Morgan fingerprint density at radius 2 is 1.79 bits per heavy atom. The Hall–Kier alpha value is -1.10. The van der Waals surface area contributed by atoms with Crippen molar-refractivity contribution >= 4 is 0 Å². The Bertz CT molecular complexity index is 351. The van der Waals surface area contributed by atoms with E-state index in [2.05, 4.69) is 19.2 Å². The first-order valence-corrected chi connectivity index (χ1v) is 6.63. The first kappa shape index (κ1) is 16.0. The molecular formula is C15H25NO3. The number of hydrogen-bond donors (Lipinski definition) is 2. The molecule has 0 unspecified atom stereocenters. The molecular weight excluding hydrogens is 242 g/mol. The average molecular weight is 267 g/mol. The topological polar surface area (TPSA) is 50.7 Å². The van der Waals surface area contributed by atoms with Crippen LogP contribution in [-0.4, -0.2) is 38.5 Å². The van der Waals surface area contributed by atoms with Crippen LogP contribution in [0.1, 0.15) is 25.5 Å². The van der Waals surface area contributed by atoms with Gasteiger partial charge in [-0.25, -0.2) is 0 Å². The van der Waals surface area contributed by atoms with Crippen LogP contribution in [0, 0.1) is 5.92 Å². The van der Waals surface area contributed by atoms with Crippen LogP contribution in [0.3, 0.4) is 0 Å². The van der Waals surface area contributed by atoms with Crippen LogP contribution in [0.15, 0.2) is 24.3 Å². The molecule has 2 N–H and O–H groups in total. The average Bonchev–Trinajstić information content (AvgIpc) is 2.43. The van der Waals surface area contributed by atoms with E-state index in [-0.39, 0.29) is 18.8 Å². The number of methoxy groups -OCH3 is 2. The van der Waals surface area contributed by atoms with Gasteiger partial charge in [-0.2, -0.15) is 0 Å². The first-order chi connectivity index (χ1) is 9.12. The molecule has 0 aliphatic rings. The Morgan fingerprint density at radius 1 is 1.16 bits per heavy atom. The number of aliphatic hydroxyl groups excluding tert-OH is 1. The zero-order chi connectivity index (χ0) is 14.3. The van der Waals surface area contributed by atoms with Crippen LogP contribution in [0.25, 0.3) is 0 Å². The summed E-state index contributed by atoms with van der Waals surface area (Å²) in [6.07, 6.45) is -0.172. The molecule has 0 fully saturated rings. The second kappa shape index (κ2) is 8.15. The highest BCUT2D eigenvalue weighted by atomic mass is 16.5. The molecule has 1 aromatic rings. The number of nitrogens with one attached hydrogen (secondary N) is 1. The smallest absolute Gasteiger partial charge is 0.118 e. The van der Waals surface area contributed by atoms with E-state index >= 15 is 0 Å². The fourth-order valence-electron chi connectivity index (χ4n) is 1.98. The minimum absolute atomic E-state index is 0.0389. The van der Waals surface area contributed by atoms with Gasteiger partial charge in [-0.3, -0.25) is 0 Å². The summed E-state index contributed by atoms with van der Waals surface area (Å²) in [5.41, 5.74) is 1.03. The fourth-order valence-corrected chi connectivity index (χ4v) is 1.98. The Labute approximate surface area is 115 Å². The van der Waals surface area contributed by atoms with Crippen LogP contribution in [-0.2, 0) is 4.74 Å². The van der Waals surface area contributed by atoms with Gasteiger partial charge in [0.25, 0.3) is 0 Å². The third-order valence-electron chi connectivity index (χ3n) is 3.05. The van der Waals surface area contributed by atoms with Crippen LogP contribution in [0.4, 0.5) is 0 Å². The molecule has 4 nitrogen and oxygen atoms in total. The first-order valence-electron chi connectivity index (χ1n) is 6.63. The van der Waals surface area contributed by atoms with Gasteiger partial charge in [-0.15, -0.1) is 0 Å². The van der Waals surface area contributed by atoms with E-state index in [1.165, 1.54) is 0 Å². The number of ether oxygens (including phenoxy) is 2. The van der Waals surface area contributed by atoms with Crippen molar-refractivity contribution in [3.05, 3.63) is 29.8 Å². The minimum Gasteiger partial charge on any atom is -0.497 e. The SMILES string of the molecule is COc1ccc([C@H](OC)[C@@H](CO)NCC(C)C)cc1. The molecule has 0 heterocycles. The lowest BCUT2D eigenvalue weighted by Crippen LogP contribution is -2.40. The molecule has 0 radical (unpaired) electrons. The van der Waals surface area contributed by atoms with Crippen molar-refractivity contribution in [2.75, 3.05) is 27.4 Å². The predicted octanol–water partition coefficient (Wildman–Crippen LogP) is 1.99. The molecule has 0 amide bonds. The van der Waals surface area contributed by atoms with E-state index in [0.29, 0.717) is 5.92 Å². The summed E-state index contributed by atoms with van der Waals surface area (Å²) >= 11 is 0. The van der Waals surface area contributed by atoms with E-state index in [0.717, 1.165) is 17.9 Å². The highest BCUT2D eigenvalue weighted by Gasteiger charge is 2.22. The Kier molecular flexibility index (Phi) is 6.84. The van der Waals surface area contributed by atoms with Gasteiger partial charge in [-0.05, 0) is 30.2 Å². The zero-order valence-corrected chi connectivity index (χ0v) is 12.2. The van der Waals surface area contributed by atoms with Crippen molar-refractivity contribution in [1.82, 2.24) is 5.32 Å². The van der Waals surface area contributed by atoms with Crippen molar-refractivity contribution < 1.29 is 14.6 Å². The Morgan fingerprint density at radius 3 is 2.21 bits per heavy atom. The van der Waals surface area contributed by atoms with Crippen LogP contribution < -0.4 is 10.1 Å². The molecule has 19 heavy (non-hydrogen) atoms. The summed E-state index contributed by atoms with van der Waals surface area (Å²) in [7, 11) is 3.30. The van der Waals surface area contributed by atoms with Crippen molar-refractivity contribution in [1.29, 1.82) is 0 Å². The molecule has 0 saturated carbocycles. The molecule has 0 saturated heterocycles. The van der Waals surface area contributed by atoms with Crippen LogP contribution in [0.5, 0.6) is 5.75 Å². The molecule has 0 spiro atoms. The van der Waals surface area contributed by atoms with E-state index in [9.17, 15) is 5.11 Å². The molecule has 0 aliphatic carbocycles. The van der Waals surface area contributed by atoms with Gasteiger partial charge in [0.05, 0.1) is 25.9 Å². The van der Waals surface area contributed by atoms with E-state index in [1.807, 2.05) is 24.3 Å². The predicted molar refractivity (Wildman–Crippen MR) is 76.5 cm³/mol. The Balaban J connectivity index is 2.77. The van der Waals surface area contributed by atoms with Gasteiger partial charge in [0.2, 0.25) is 0 Å². The van der Waals surface area contributed by atoms with Crippen molar-refractivity contribution in [3.63, 3.8) is 0 Å². The van der Waals surface area contributed by atoms with Crippen LogP contribution >= 0.6 is 0 Å². The summed E-state index contributed by atoms with van der Waals surface area (Å²) in [5.74, 6) is 1.34. The van der Waals surface area contributed by atoms with Gasteiger partial charge >= 0.3 is 0 Å². The molecule has 0 bridgehead atoms. The third kappa shape index (κ3) is 4.82. The van der Waals surface area contributed by atoms with Gasteiger partial charge in [0.1, 0.15) is 5.75 Å². The van der Waals surface area contributed by atoms with Gasteiger partial charge in [0, 0.05) is 7.11 Å². The lowest BCUT2D eigenvalue weighted by Gasteiger charge is -2.26. The van der Waals surface area contributed by atoms with Gasteiger partial charge in [-0.1, -0.05) is 26.0 Å². The monoisotopic (exact) mass is 267 g/mol. The van der Waals surface area contributed by atoms with Crippen LogP contribution in [0.2, 0.25) is 0 Å². The standard InChI is InChI=1S/C15H25NO3/c1-11(2)9-16-14(10-17)15(19-4)12-5-7-13(18-3)8-6-12/h5-8,11,14-17H,9-10H2,1-4H3/t14-,15+/m1/s1. The molecule has 108 valence electrons. The highest BCUT2D eigenvalue weighted by Crippen LogP contribution is 2.23. The lowest BCUT2D eigenvalue weighted by molar-refractivity contribution is 0.0438. The molecule has 0 aromatic heterocycles. The third-order valence-corrected chi connectivity index (χ3v) is 3.05. The lowest BCUT2D eigenvalue weighted by atomic mass is 10.0. The number of hydrogen-bond acceptors (Lipinski definition) is 4. The van der Waals surface area contributed by atoms with Gasteiger partial charge in [0.15, 0.2) is 0 Å². The van der Waals surface area contributed by atoms with E-state index < -0.39 is 0 Å². The van der Waals surface area contributed by atoms with Crippen molar-refractivity contribution in [2.45, 2.75) is 26.0 Å². The zero-order valence-electron chi connectivity index (χ0n) is 12.2. The molecule has 1 aromatic carbocycles. The normalized spacial score (nSPS) is 14.4. The second-order valence-corrected chi connectivity index (χ2v) is 5.02. The van der Waals surface area contributed by atoms with E-state index in [4.69, 9.17) is 9.47 Å². The summed E-state index contributed by atoms with van der Waals surface area (Å²) in [4.78, 5) is 0. The summed E-state index contributed by atoms with van der Waals surface area (Å²) in [6, 6.07) is 7.62. The molecule has 1 rings (SSSR count). The van der Waals surface area contributed by atoms with E-state index in [1.54, 1.807) is 14.2 Å². The largest absolute Gasteiger partial charge is 0.497 e. The summed E-state index contributed by atoms with van der Waals surface area (Å²) in [5, 5.41) is 12.9. The number of aliphatic hydroxyl groups is 1. The highest BCUT2D eigenvalue weighted by molar-refractivity contribution is 5.29. The fraction of sp³-hybridized carbons (Fsp3) is 0.600. The number of benzene rings is 1. The maximum atomic E-state index is 9.54. The summed E-state index contributed by atoms with van der Waals surface area (Å²) in [6.45, 7) is 5.16.